The van der Waals surface area contributed by atoms with Crippen molar-refractivity contribution in [3.05, 3.63) is 78.9 Å². The average Bonchev–Trinajstić information content (AvgIpc) is 3.01. The van der Waals surface area contributed by atoms with Gasteiger partial charge in [-0.3, -0.25) is 4.79 Å². The van der Waals surface area contributed by atoms with E-state index in [0.717, 1.165) is 19.1 Å². The highest BCUT2D eigenvalue weighted by atomic mass is 32.3. The summed E-state index contributed by atoms with van der Waals surface area (Å²) in [4.78, 5) is 12.6. The Morgan fingerprint density at radius 3 is 1.17 bits per heavy atom. The van der Waals surface area contributed by atoms with Crippen molar-refractivity contribution in [3.63, 3.8) is 0 Å². The fourth-order valence-electron chi connectivity index (χ4n) is 3.96. The van der Waals surface area contributed by atoms with Crippen LogP contribution in [-0.4, -0.2) is 66.8 Å². The molecule has 1 unspecified atom stereocenters. The maximum atomic E-state index is 14.5. The molecule has 25 heteroatoms. The van der Waals surface area contributed by atoms with E-state index in [1.54, 1.807) is 30.3 Å². The van der Waals surface area contributed by atoms with Crippen LogP contribution in [0.3, 0.4) is 0 Å². The van der Waals surface area contributed by atoms with Gasteiger partial charge in [-0.05, 0) is 60.7 Å². The summed E-state index contributed by atoms with van der Waals surface area (Å²) < 4.78 is 247. The number of nitrogens with zero attached hydrogens (tertiary/aromatic N) is 1. The molecule has 0 amide bonds. The SMILES string of the molecule is CC(=O)Oc1ccc([S+](c2ccccc2)c2ccc(OC(C)=[N+](S(=O)(=O)C(F)(F)C(F)(F)C(F)(F)F)S(=O)(=O)C(F)(F)C(F)(F)C(F)(F)F)cc2)cc1. The fourth-order valence-corrected chi connectivity index (χ4v) is 9.66. The summed E-state index contributed by atoms with van der Waals surface area (Å²) in [5, 5.41) is -15.8. The first-order valence-electron chi connectivity index (χ1n) is 13.5. The van der Waals surface area contributed by atoms with Gasteiger partial charge in [0.15, 0.2) is 14.7 Å². The van der Waals surface area contributed by atoms with E-state index < -0.39 is 86.7 Å². The standard InChI is InChI=1S/C28H19F14NO7S3/c1-16(43(52(45,46)27(39,40)23(29,30)25(33,34)35)53(47,48)28(41,42)24(31,32)26(36,37)38)49-18-8-12-21(13-9-18)51(20-6-4-3-5-7-20)22-14-10-19(11-15-22)50-17(2)44/h3-15H,1-2H3/q+2. The first-order valence-corrected chi connectivity index (χ1v) is 17.6. The number of sulfonamides is 2. The number of rotatable bonds is 11. The van der Waals surface area contributed by atoms with Crippen LogP contribution in [0.4, 0.5) is 61.5 Å². The zero-order valence-corrected chi connectivity index (χ0v) is 28.3. The molecule has 0 bridgehead atoms. The van der Waals surface area contributed by atoms with Gasteiger partial charge in [0.25, 0.3) is 0 Å². The fraction of sp³-hybridized carbons (Fsp3) is 0.286. The molecule has 0 aromatic heterocycles. The summed E-state index contributed by atoms with van der Waals surface area (Å²) in [5.74, 6) is -20.0. The molecule has 0 fully saturated rings. The molecule has 3 aromatic rings. The molecular formula is C28H19F14NO7S3+2. The van der Waals surface area contributed by atoms with Crippen molar-refractivity contribution in [1.29, 1.82) is 0 Å². The van der Waals surface area contributed by atoms with Crippen LogP contribution < -0.4 is 9.47 Å². The second-order valence-corrected chi connectivity index (χ2v) is 16.1. The van der Waals surface area contributed by atoms with Crippen LogP contribution in [0.1, 0.15) is 13.8 Å². The zero-order chi connectivity index (χ0) is 40.8. The molecule has 0 saturated carbocycles. The van der Waals surface area contributed by atoms with Gasteiger partial charge < -0.3 is 9.47 Å². The third-order valence-electron chi connectivity index (χ3n) is 6.41. The number of benzene rings is 3. The maximum Gasteiger partial charge on any atom is 0.478 e. The molecule has 0 aliphatic heterocycles. The number of hydrogen-bond acceptors (Lipinski definition) is 7. The molecule has 0 radical (unpaired) electrons. The van der Waals surface area contributed by atoms with Crippen molar-refractivity contribution >= 4 is 42.8 Å². The lowest BCUT2D eigenvalue weighted by Crippen LogP contribution is -2.63. The summed E-state index contributed by atoms with van der Waals surface area (Å²) >= 11 is 0. The number of carbonyl (C=O) groups excluding carboxylic acids is 1. The molecular weight excluding hydrogens is 824 g/mol. The van der Waals surface area contributed by atoms with Gasteiger partial charge in [0.05, 0.1) is 17.8 Å². The summed E-state index contributed by atoms with van der Waals surface area (Å²) in [6, 6.07) is 17.3. The quantitative estimate of drug-likeness (QED) is 0.0370. The third-order valence-corrected chi connectivity index (χ3v) is 13.0. The van der Waals surface area contributed by atoms with Crippen LogP contribution in [0.25, 0.3) is 0 Å². The van der Waals surface area contributed by atoms with E-state index >= 15 is 0 Å². The monoisotopic (exact) mass is 843 g/mol. The normalized spacial score (nSPS) is 14.3. The van der Waals surface area contributed by atoms with Crippen molar-refractivity contribution in [3.8, 4) is 11.5 Å². The minimum absolute atomic E-state index is 0.124. The van der Waals surface area contributed by atoms with Crippen LogP contribution in [-0.2, 0) is 35.7 Å². The lowest BCUT2D eigenvalue weighted by Gasteiger charge is -2.28. The van der Waals surface area contributed by atoms with Crippen LogP contribution in [0, 0.1) is 0 Å². The molecule has 3 rings (SSSR count). The molecule has 0 spiro atoms. The highest BCUT2D eigenvalue weighted by Crippen LogP contribution is 2.53. The summed E-state index contributed by atoms with van der Waals surface area (Å²) in [7, 11) is -18.4. The molecule has 3 aromatic carbocycles. The van der Waals surface area contributed by atoms with Crippen LogP contribution in [0.2, 0.25) is 0 Å². The molecule has 0 aliphatic rings. The predicted octanol–water partition coefficient (Wildman–Crippen LogP) is 7.76. The van der Waals surface area contributed by atoms with Gasteiger partial charge in [0, 0.05) is 10.3 Å². The van der Waals surface area contributed by atoms with Gasteiger partial charge in [-0.2, -0.15) is 78.3 Å². The Bertz CT molecular complexity index is 2000. The van der Waals surface area contributed by atoms with Gasteiger partial charge in [-0.25, -0.2) is 0 Å². The van der Waals surface area contributed by atoms with E-state index in [2.05, 4.69) is 4.74 Å². The number of carbonyl (C=O) groups is 1. The van der Waals surface area contributed by atoms with Crippen molar-refractivity contribution in [1.82, 2.24) is 0 Å². The number of esters is 1. The molecule has 8 nitrogen and oxygen atoms in total. The van der Waals surface area contributed by atoms with Crippen molar-refractivity contribution in [2.24, 2.45) is 0 Å². The minimum Gasteiger partial charge on any atom is -0.427 e. The highest BCUT2D eigenvalue weighted by Gasteiger charge is 2.88. The van der Waals surface area contributed by atoms with Crippen LogP contribution in [0.15, 0.2) is 93.5 Å². The maximum absolute atomic E-state index is 14.5. The third kappa shape index (κ3) is 7.77. The number of alkyl halides is 14. The number of halogens is 14. The van der Waals surface area contributed by atoms with Crippen LogP contribution >= 0.6 is 0 Å². The Balaban J connectivity index is 2.26. The second-order valence-electron chi connectivity index (χ2n) is 10.2. The topological polar surface area (TPSA) is 107 Å². The Labute approximate surface area is 292 Å². The lowest BCUT2D eigenvalue weighted by atomic mass is 10.3. The van der Waals surface area contributed by atoms with Crippen molar-refractivity contribution in [2.75, 3.05) is 0 Å². The van der Waals surface area contributed by atoms with E-state index in [1.807, 2.05) is 0 Å². The molecule has 0 N–H and O–H groups in total. The Morgan fingerprint density at radius 1 is 0.528 bits per heavy atom. The van der Waals surface area contributed by atoms with Crippen LogP contribution in [0.5, 0.6) is 11.5 Å². The Hall–Kier alpha value is -4.13. The van der Waals surface area contributed by atoms with Gasteiger partial charge in [-0.1, -0.05) is 18.2 Å². The Kier molecular flexibility index (Phi) is 11.6. The highest BCUT2D eigenvalue weighted by molar-refractivity contribution is 7.98. The van der Waals surface area contributed by atoms with Gasteiger partial charge in [0.1, 0.15) is 11.5 Å². The first kappa shape index (κ1) is 43.3. The second kappa shape index (κ2) is 14.3. The average molecular weight is 844 g/mol. The van der Waals surface area contributed by atoms with E-state index in [0.29, 0.717) is 21.9 Å². The van der Waals surface area contributed by atoms with Crippen molar-refractivity contribution < 1.29 is 96.0 Å². The van der Waals surface area contributed by atoms with Gasteiger partial charge >= 0.3 is 66.6 Å². The smallest absolute Gasteiger partial charge is 0.427 e. The van der Waals surface area contributed by atoms with E-state index in [4.69, 9.17) is 4.74 Å². The molecule has 1 atom stereocenters. The van der Waals surface area contributed by atoms with Gasteiger partial charge in [0.2, 0.25) is 0 Å². The van der Waals surface area contributed by atoms with Gasteiger partial charge in [-0.15, -0.1) is 0 Å². The zero-order valence-electron chi connectivity index (χ0n) is 25.8. The van der Waals surface area contributed by atoms with Crippen molar-refractivity contribution in [2.45, 2.75) is 63.2 Å². The number of hydrogen-bond donors (Lipinski definition) is 0. The minimum atomic E-state index is -8.64. The summed E-state index contributed by atoms with van der Waals surface area (Å²) in [5.41, 5.74) is 0. The Morgan fingerprint density at radius 2 is 0.849 bits per heavy atom. The molecule has 292 valence electrons. The van der Waals surface area contributed by atoms with E-state index in [-0.39, 0.29) is 17.6 Å². The van der Waals surface area contributed by atoms with E-state index in [1.165, 1.54) is 24.3 Å². The molecule has 0 heterocycles. The largest absolute Gasteiger partial charge is 0.478 e. The summed E-state index contributed by atoms with van der Waals surface area (Å²) in [6.45, 7) is 0.813. The van der Waals surface area contributed by atoms with E-state index in [9.17, 15) is 83.1 Å². The predicted molar refractivity (Wildman–Crippen MR) is 154 cm³/mol. The number of ether oxygens (including phenoxy) is 2. The lowest BCUT2D eigenvalue weighted by molar-refractivity contribution is -0.350. The molecule has 0 saturated heterocycles. The first-order chi connectivity index (χ1) is 23.9. The molecule has 0 aliphatic carbocycles. The molecule has 53 heavy (non-hydrogen) atoms. The summed E-state index contributed by atoms with van der Waals surface area (Å²) in [6.07, 6.45) is -15.2.